The Labute approximate surface area is 600 Å². The number of ether oxygens (including phenoxy) is 2. The minimum Gasteiger partial charge on any atom is -0.481 e. The normalized spacial score (nSPS) is 15.9. The number of alkyl halides is 3. The molecule has 6 aromatic rings. The number of carboxylic acid groups (broad SMARTS) is 1. The van der Waals surface area contributed by atoms with Gasteiger partial charge in [-0.1, -0.05) is 125 Å². The molecule has 3 saturated carbocycles. The number of aryl methyl sites for hydroxylation is 4. The summed E-state index contributed by atoms with van der Waals surface area (Å²) in [5.74, 6) is -0.603. The smallest absolute Gasteiger partial charge is 0.416 e. The molecule has 0 heterocycles. The van der Waals surface area contributed by atoms with Gasteiger partial charge in [-0.2, -0.15) is 13.2 Å². The van der Waals surface area contributed by atoms with Crippen molar-refractivity contribution < 1.29 is 77.0 Å². The van der Waals surface area contributed by atoms with Gasteiger partial charge in [0.05, 0.1) is 52.4 Å². The molecule has 3 aliphatic carbocycles. The Bertz CT molecular complexity index is 4150. The van der Waals surface area contributed by atoms with E-state index in [9.17, 15) is 62.4 Å². The molecule has 0 spiro atoms. The third-order valence-electron chi connectivity index (χ3n) is 18.0. The van der Waals surface area contributed by atoms with E-state index >= 15 is 0 Å². The van der Waals surface area contributed by atoms with E-state index in [1.54, 1.807) is 106 Å². The number of carbonyl (C=O) groups is 5. The number of nitrogens with two attached hydrogens (primary N) is 2. The lowest BCUT2D eigenvalue weighted by molar-refractivity contribution is -0.139. The number of ketones is 2. The lowest BCUT2D eigenvalue weighted by Crippen LogP contribution is -2.52. The van der Waals surface area contributed by atoms with Crippen molar-refractivity contribution >= 4 is 59.2 Å². The molecule has 0 atom stereocenters. The van der Waals surface area contributed by atoms with Crippen molar-refractivity contribution in [3.8, 4) is 0 Å². The third-order valence-corrected chi connectivity index (χ3v) is 23.3. The van der Waals surface area contributed by atoms with Gasteiger partial charge < -0.3 is 36.7 Å². The van der Waals surface area contributed by atoms with E-state index in [2.05, 4.69) is 10.6 Å². The van der Waals surface area contributed by atoms with E-state index in [4.69, 9.17) is 26.0 Å². The summed E-state index contributed by atoms with van der Waals surface area (Å²) in [6.07, 6.45) is 11.3. The molecular weight excluding hydrogens is 1370 g/mol. The molecule has 2 amide bonds. The Kier molecular flexibility index (Phi) is 29.4. The van der Waals surface area contributed by atoms with Crippen molar-refractivity contribution in [1.82, 2.24) is 10.6 Å². The first-order chi connectivity index (χ1) is 47.6. The second kappa shape index (κ2) is 36.1. The number of nitrogens with one attached hydrogen (secondary N) is 2. The Hall–Kier alpha value is -7.77. The summed E-state index contributed by atoms with van der Waals surface area (Å²) in [7, 11) is -11.1. The molecule has 0 bridgehead atoms. The van der Waals surface area contributed by atoms with Gasteiger partial charge in [0.1, 0.15) is 22.8 Å². The van der Waals surface area contributed by atoms with Crippen molar-refractivity contribution in [3.05, 3.63) is 179 Å². The number of alkyl carbamates (subject to hydrolysis) is 2. The first-order valence-electron chi connectivity index (χ1n) is 34.7. The van der Waals surface area contributed by atoms with Gasteiger partial charge in [-0.25, -0.2) is 34.8 Å². The fraction of sp³-hybridized carbons (Fsp3) is 0.474. The SMILES string of the molecule is CC(C)(C)OC(=O)NC1(CC(=O)O)CCCCC1.Cc1cccc(S(=O)(=O)c2ccc(CCC(=O)CC3(N)CCCCC3)cc2)c1.Cc1cccc(S(=O)(=O)c2ccc(CCC(=O)CC3(NC(=O)OC(C)(C)C)CCCCC3)cc2)c1.NCc1ccc(S(=O)(=O)c2cccc(C(F)(F)F)c2)cc1. The summed E-state index contributed by atoms with van der Waals surface area (Å²) in [5, 5.41) is 14.8. The van der Waals surface area contributed by atoms with Crippen LogP contribution in [0.1, 0.15) is 203 Å². The molecule has 6 aromatic carbocycles. The first kappa shape index (κ1) is 83.2. The van der Waals surface area contributed by atoms with Crippen LogP contribution in [-0.2, 0) is 78.9 Å². The fourth-order valence-electron chi connectivity index (χ4n) is 12.7. The largest absolute Gasteiger partial charge is 0.481 e. The fourth-order valence-corrected chi connectivity index (χ4v) is 16.8. The predicted octanol–water partition coefficient (Wildman–Crippen LogP) is 16.0. The quantitative estimate of drug-likeness (QED) is 0.0447. The summed E-state index contributed by atoms with van der Waals surface area (Å²) < 4.78 is 125. The molecule has 0 aromatic heterocycles. The summed E-state index contributed by atoms with van der Waals surface area (Å²) in [5.41, 5.74) is 12.5. The highest BCUT2D eigenvalue weighted by Crippen LogP contribution is 2.36. The van der Waals surface area contributed by atoms with Crippen molar-refractivity contribution in [3.63, 3.8) is 0 Å². The molecule has 556 valence electrons. The molecule has 18 nitrogen and oxygen atoms in total. The molecule has 3 aliphatic rings. The van der Waals surface area contributed by atoms with E-state index in [0.717, 1.165) is 123 Å². The molecule has 0 aliphatic heterocycles. The van der Waals surface area contributed by atoms with Gasteiger partial charge >= 0.3 is 24.3 Å². The van der Waals surface area contributed by atoms with Crippen molar-refractivity contribution in [1.29, 1.82) is 0 Å². The van der Waals surface area contributed by atoms with Crippen LogP contribution >= 0.6 is 0 Å². The van der Waals surface area contributed by atoms with Gasteiger partial charge in [0.2, 0.25) is 29.5 Å². The Morgan fingerprint density at radius 3 is 1.13 bits per heavy atom. The molecule has 7 N–H and O–H groups in total. The van der Waals surface area contributed by atoms with Gasteiger partial charge in [0, 0.05) is 37.8 Å². The van der Waals surface area contributed by atoms with E-state index in [-0.39, 0.29) is 56.1 Å². The van der Waals surface area contributed by atoms with E-state index in [1.165, 1.54) is 30.7 Å². The van der Waals surface area contributed by atoms with Crippen LogP contribution in [-0.4, -0.2) is 87.9 Å². The topological polar surface area (TPSA) is 303 Å². The lowest BCUT2D eigenvalue weighted by Gasteiger charge is -2.38. The number of sulfone groups is 3. The zero-order valence-corrected chi connectivity index (χ0v) is 62.3. The third kappa shape index (κ3) is 26.2. The zero-order chi connectivity index (χ0) is 75.4. The minimum absolute atomic E-state index is 0.0355. The van der Waals surface area contributed by atoms with Crippen LogP contribution in [0.25, 0.3) is 0 Å². The van der Waals surface area contributed by atoms with E-state index in [1.807, 2.05) is 46.8 Å². The standard InChI is InChI=1S/C28H37NO5S.C23H29NO3S.C14H12F3NO2S.C13H23NO4/c1-21-9-8-10-25(19-21)35(32,33)24-15-12-22(13-16-24)11-14-23(30)20-28(17-6-5-7-18-28)29-26(31)34-27(2,3)4;1-18-6-5-7-22(16-18)28(26,27)21-12-9-19(10-13-21)8-11-20(25)17-23(24)14-3-2-4-15-23;15-14(16,17)11-2-1-3-13(8-11)21(19,20)12-6-4-10(9-18)5-7-12;1-12(2,3)18-11(17)14-13(9-10(15)16)7-5-4-6-8-13/h8-10,12-13,15-16,19H,5-7,11,14,17-18,20H2,1-4H3,(H,29,31);5-7,9-10,12-13,16H,2-4,8,11,14-15,17,24H2,1H3;1-8H,9,18H2;4-9H2,1-3H3,(H,14,17)(H,15,16). The lowest BCUT2D eigenvalue weighted by atomic mass is 9.77. The van der Waals surface area contributed by atoms with Crippen LogP contribution in [0.2, 0.25) is 0 Å². The van der Waals surface area contributed by atoms with Gasteiger partial charge in [0.25, 0.3) is 0 Å². The van der Waals surface area contributed by atoms with Crippen LogP contribution in [0, 0.1) is 13.8 Å². The first-order valence-corrected chi connectivity index (χ1v) is 39.2. The highest BCUT2D eigenvalue weighted by molar-refractivity contribution is 7.92. The second-order valence-electron chi connectivity index (χ2n) is 29.2. The maximum absolute atomic E-state index is 12.9. The van der Waals surface area contributed by atoms with Gasteiger partial charge in [-0.15, -0.1) is 0 Å². The molecule has 102 heavy (non-hydrogen) atoms. The van der Waals surface area contributed by atoms with Crippen LogP contribution in [0.4, 0.5) is 22.8 Å². The van der Waals surface area contributed by atoms with Crippen molar-refractivity contribution in [2.45, 2.75) is 267 Å². The molecule has 0 radical (unpaired) electrons. The number of benzene rings is 6. The summed E-state index contributed by atoms with van der Waals surface area (Å²) in [6.45, 7) is 14.8. The Morgan fingerprint density at radius 1 is 0.451 bits per heavy atom. The average Bonchev–Trinajstić information content (AvgIpc) is 0.816. The number of amides is 2. The molecular formula is C78H101F3N4O14S3. The van der Waals surface area contributed by atoms with Crippen LogP contribution in [0.5, 0.6) is 0 Å². The highest BCUT2D eigenvalue weighted by Gasteiger charge is 2.39. The summed E-state index contributed by atoms with van der Waals surface area (Å²) in [6, 6.07) is 36.8. The number of hydrogen-bond donors (Lipinski definition) is 5. The number of rotatable bonds is 21. The average molecular weight is 1470 g/mol. The van der Waals surface area contributed by atoms with Crippen molar-refractivity contribution in [2.75, 3.05) is 0 Å². The number of carboxylic acids is 1. The maximum atomic E-state index is 12.9. The number of Topliss-reactive ketones (excluding diaryl/α,β-unsaturated/α-hetero) is 2. The van der Waals surface area contributed by atoms with Crippen molar-refractivity contribution in [2.24, 2.45) is 11.5 Å². The van der Waals surface area contributed by atoms with Crippen LogP contribution in [0.3, 0.4) is 0 Å². The molecule has 0 unspecified atom stereocenters. The van der Waals surface area contributed by atoms with Gasteiger partial charge in [-0.05, 0) is 213 Å². The monoisotopic (exact) mass is 1470 g/mol. The van der Waals surface area contributed by atoms with E-state index in [0.29, 0.717) is 55.9 Å². The molecule has 3 fully saturated rings. The van der Waals surface area contributed by atoms with Crippen LogP contribution in [0.15, 0.2) is 175 Å². The molecule has 9 rings (SSSR count). The number of hydrogen-bond acceptors (Lipinski definition) is 15. The number of halogens is 3. The van der Waals surface area contributed by atoms with Gasteiger partial charge in [-0.3, -0.25) is 14.4 Å². The maximum Gasteiger partial charge on any atom is 0.416 e. The Morgan fingerprint density at radius 2 is 0.784 bits per heavy atom. The minimum atomic E-state index is -4.59. The second-order valence-corrected chi connectivity index (χ2v) is 35.0. The van der Waals surface area contributed by atoms with Crippen LogP contribution < -0.4 is 22.1 Å². The summed E-state index contributed by atoms with van der Waals surface area (Å²) >= 11 is 0. The zero-order valence-electron chi connectivity index (χ0n) is 59.9. The number of aliphatic carboxylic acids is 1. The highest BCUT2D eigenvalue weighted by atomic mass is 32.2. The Balaban J connectivity index is 0.000000221. The van der Waals surface area contributed by atoms with Gasteiger partial charge in [0.15, 0.2) is 0 Å². The predicted molar refractivity (Wildman–Crippen MR) is 386 cm³/mol. The molecule has 0 saturated heterocycles. The van der Waals surface area contributed by atoms with E-state index < -0.39 is 86.6 Å². The number of carbonyl (C=O) groups excluding carboxylic acids is 4. The molecule has 24 heteroatoms. The summed E-state index contributed by atoms with van der Waals surface area (Å²) in [4.78, 5) is 61.1.